The zero-order chi connectivity index (χ0) is 27.8. The number of para-hydroxylation sites is 1. The summed E-state index contributed by atoms with van der Waals surface area (Å²) in [5.41, 5.74) is 8.37. The molecule has 0 aliphatic rings. The van der Waals surface area contributed by atoms with Crippen LogP contribution in [0.1, 0.15) is 18.2 Å². The Morgan fingerprint density at radius 2 is 1.71 bits per heavy atom. The van der Waals surface area contributed by atoms with E-state index in [1.165, 1.54) is 19.4 Å². The minimum absolute atomic E-state index is 0.0417. The number of carbonyl (C=O) groups excluding carboxylic acids is 3. The second-order valence-corrected chi connectivity index (χ2v) is 8.82. The van der Waals surface area contributed by atoms with Crippen LogP contribution < -0.4 is 21.7 Å². The number of imidazole rings is 1. The van der Waals surface area contributed by atoms with Gasteiger partial charge in [0, 0.05) is 35.4 Å². The van der Waals surface area contributed by atoms with Gasteiger partial charge in [0.2, 0.25) is 17.7 Å². The van der Waals surface area contributed by atoms with Crippen LogP contribution in [-0.2, 0) is 32.0 Å². The number of carboxylic acid groups (broad SMARTS) is 1. The molecule has 2 heterocycles. The van der Waals surface area contributed by atoms with Crippen molar-refractivity contribution >= 4 is 34.6 Å². The molecule has 14 heteroatoms. The second kappa shape index (κ2) is 12.8. The van der Waals surface area contributed by atoms with E-state index in [4.69, 9.17) is 15.9 Å². The Bertz CT molecular complexity index is 1260. The number of aromatic amines is 2. The number of aliphatic hydroxyl groups is 2. The predicted octanol–water partition coefficient (Wildman–Crippen LogP) is -2.08. The zero-order valence-corrected chi connectivity index (χ0v) is 20.5. The zero-order valence-electron chi connectivity index (χ0n) is 20.5. The van der Waals surface area contributed by atoms with Gasteiger partial charge in [-0.25, -0.2) is 9.78 Å². The smallest absolute Gasteiger partial charge is 0.328 e. The van der Waals surface area contributed by atoms with Crippen LogP contribution >= 0.6 is 0 Å². The first-order valence-electron chi connectivity index (χ1n) is 11.8. The number of carboxylic acids is 1. The number of hydrogen-bond acceptors (Lipinski definition) is 8. The van der Waals surface area contributed by atoms with Gasteiger partial charge in [0.15, 0.2) is 0 Å². The van der Waals surface area contributed by atoms with Gasteiger partial charge < -0.3 is 47.0 Å². The molecule has 204 valence electrons. The number of amides is 3. The van der Waals surface area contributed by atoms with Crippen LogP contribution in [-0.4, -0.2) is 90.8 Å². The Labute approximate surface area is 217 Å². The number of hydrogen-bond donors (Lipinski definition) is 9. The molecule has 0 radical (unpaired) electrons. The predicted molar refractivity (Wildman–Crippen MR) is 134 cm³/mol. The highest BCUT2D eigenvalue weighted by atomic mass is 16.4. The van der Waals surface area contributed by atoms with Crippen molar-refractivity contribution in [2.45, 2.75) is 50.0 Å². The summed E-state index contributed by atoms with van der Waals surface area (Å²) in [4.78, 5) is 59.7. The Kier molecular flexibility index (Phi) is 9.54. The fourth-order valence-electron chi connectivity index (χ4n) is 3.84. The van der Waals surface area contributed by atoms with Gasteiger partial charge in [-0.1, -0.05) is 18.2 Å². The monoisotopic (exact) mass is 529 g/mol. The quantitative estimate of drug-likeness (QED) is 0.118. The van der Waals surface area contributed by atoms with E-state index in [9.17, 15) is 24.3 Å². The molecule has 0 bridgehead atoms. The van der Waals surface area contributed by atoms with Crippen molar-refractivity contribution in [1.82, 2.24) is 30.9 Å². The summed E-state index contributed by atoms with van der Waals surface area (Å²) < 4.78 is 0. The third-order valence-corrected chi connectivity index (χ3v) is 5.92. The summed E-state index contributed by atoms with van der Waals surface area (Å²) in [5, 5.41) is 36.2. The highest BCUT2D eigenvalue weighted by Gasteiger charge is 2.33. The number of nitrogens with one attached hydrogen (secondary N) is 5. The van der Waals surface area contributed by atoms with Crippen LogP contribution in [0.5, 0.6) is 0 Å². The lowest BCUT2D eigenvalue weighted by Gasteiger charge is -2.26. The summed E-state index contributed by atoms with van der Waals surface area (Å²) in [6.07, 6.45) is 3.32. The van der Waals surface area contributed by atoms with Gasteiger partial charge in [-0.05, 0) is 25.0 Å². The molecule has 2 aromatic heterocycles. The number of H-pyrrole nitrogens is 2. The molecule has 1 aromatic carbocycles. The van der Waals surface area contributed by atoms with Crippen LogP contribution in [0.25, 0.3) is 10.9 Å². The van der Waals surface area contributed by atoms with Gasteiger partial charge in [-0.2, -0.15) is 0 Å². The van der Waals surface area contributed by atoms with Gasteiger partial charge in [-0.15, -0.1) is 0 Å². The summed E-state index contributed by atoms with van der Waals surface area (Å²) in [5.74, 6) is -3.98. The number of aliphatic carboxylic acids is 1. The first kappa shape index (κ1) is 28.3. The van der Waals surface area contributed by atoms with Crippen molar-refractivity contribution in [3.63, 3.8) is 0 Å². The number of rotatable bonds is 13. The topological polar surface area (TPSA) is 236 Å². The molecule has 5 unspecified atom stereocenters. The van der Waals surface area contributed by atoms with E-state index in [1.54, 1.807) is 6.20 Å². The second-order valence-electron chi connectivity index (χ2n) is 8.82. The first-order valence-corrected chi connectivity index (χ1v) is 11.8. The summed E-state index contributed by atoms with van der Waals surface area (Å²) in [6, 6.07) is 2.09. The molecule has 0 aliphatic heterocycles. The average Bonchev–Trinajstić information content (AvgIpc) is 3.54. The summed E-state index contributed by atoms with van der Waals surface area (Å²) in [6.45, 7) is 0.327. The van der Waals surface area contributed by atoms with E-state index in [2.05, 4.69) is 25.6 Å². The number of nitrogens with two attached hydrogens (primary N) is 1. The Hall–Kier alpha value is -4.27. The first-order chi connectivity index (χ1) is 18.1. The molecule has 3 rings (SSSR count). The van der Waals surface area contributed by atoms with Gasteiger partial charge in [0.25, 0.3) is 0 Å². The van der Waals surface area contributed by atoms with E-state index >= 15 is 0 Å². The maximum atomic E-state index is 13.2. The Balaban J connectivity index is 1.73. The van der Waals surface area contributed by atoms with Crippen molar-refractivity contribution < 1.29 is 34.5 Å². The molecular weight excluding hydrogens is 498 g/mol. The molecule has 0 saturated heterocycles. The molecule has 3 amide bonds. The molecule has 0 fully saturated rings. The van der Waals surface area contributed by atoms with E-state index < -0.39 is 60.6 Å². The van der Waals surface area contributed by atoms with Gasteiger partial charge in [0.05, 0.1) is 25.1 Å². The molecule has 14 nitrogen and oxygen atoms in total. The fourth-order valence-corrected chi connectivity index (χ4v) is 3.84. The molecule has 10 N–H and O–H groups in total. The lowest BCUT2D eigenvalue weighted by Crippen LogP contribution is -2.60. The third-order valence-electron chi connectivity index (χ3n) is 5.92. The lowest BCUT2D eigenvalue weighted by molar-refractivity contribution is -0.144. The highest BCUT2D eigenvalue weighted by Crippen LogP contribution is 2.18. The molecule has 0 spiro atoms. The molecule has 0 aliphatic carbocycles. The van der Waals surface area contributed by atoms with Crippen molar-refractivity contribution in [1.29, 1.82) is 0 Å². The lowest BCUT2D eigenvalue weighted by atomic mass is 10.0. The minimum Gasteiger partial charge on any atom is -0.480 e. The molecule has 3 aromatic rings. The minimum atomic E-state index is -1.64. The number of benzene rings is 1. The maximum absolute atomic E-state index is 13.2. The van der Waals surface area contributed by atoms with E-state index in [-0.39, 0.29) is 12.8 Å². The van der Waals surface area contributed by atoms with Crippen molar-refractivity contribution in [3.05, 3.63) is 54.2 Å². The number of nitrogens with zero attached hydrogens (tertiary/aromatic N) is 1. The van der Waals surface area contributed by atoms with Gasteiger partial charge >= 0.3 is 5.97 Å². The van der Waals surface area contributed by atoms with Crippen molar-refractivity contribution in [2.75, 3.05) is 6.61 Å². The Morgan fingerprint density at radius 1 is 1.00 bits per heavy atom. The highest BCUT2D eigenvalue weighted by molar-refractivity contribution is 5.94. The Morgan fingerprint density at radius 3 is 2.34 bits per heavy atom. The standard InChI is InChI=1S/C24H31N7O7/c1-12(33)20(23(36)30-19(10-32)24(37)38)31-22(35)18(7-14-9-26-11-28-14)29-21(34)16(25)6-13-8-27-17-5-3-2-4-15(13)17/h2-5,8-9,11-12,16,18-20,27,32-33H,6-7,10,25H2,1H3,(H,26,28)(H,29,34)(H,30,36)(H,31,35)(H,37,38). The van der Waals surface area contributed by atoms with Crippen molar-refractivity contribution in [2.24, 2.45) is 5.73 Å². The van der Waals surface area contributed by atoms with Crippen LogP contribution in [0, 0.1) is 0 Å². The van der Waals surface area contributed by atoms with Gasteiger partial charge in [0.1, 0.15) is 18.1 Å². The SMILES string of the molecule is CC(O)C(NC(=O)C(Cc1cnc[nH]1)NC(=O)C(N)Cc1c[nH]c2ccccc12)C(=O)NC(CO)C(=O)O. The van der Waals surface area contributed by atoms with Crippen LogP contribution in [0.4, 0.5) is 0 Å². The number of aromatic nitrogens is 3. The van der Waals surface area contributed by atoms with Crippen LogP contribution in [0.2, 0.25) is 0 Å². The van der Waals surface area contributed by atoms with Gasteiger partial charge in [-0.3, -0.25) is 14.4 Å². The van der Waals surface area contributed by atoms with Crippen LogP contribution in [0.3, 0.4) is 0 Å². The van der Waals surface area contributed by atoms with Crippen molar-refractivity contribution in [3.8, 4) is 0 Å². The average molecular weight is 530 g/mol. The molecule has 38 heavy (non-hydrogen) atoms. The molecule has 0 saturated carbocycles. The van der Waals surface area contributed by atoms with E-state index in [0.29, 0.717) is 5.69 Å². The number of aliphatic hydroxyl groups excluding tert-OH is 2. The fraction of sp³-hybridized carbons (Fsp3) is 0.375. The number of carbonyl (C=O) groups is 4. The number of fused-ring (bicyclic) bond motifs is 1. The largest absolute Gasteiger partial charge is 0.480 e. The summed E-state index contributed by atoms with van der Waals surface area (Å²) in [7, 11) is 0. The van der Waals surface area contributed by atoms with E-state index in [0.717, 1.165) is 16.5 Å². The summed E-state index contributed by atoms with van der Waals surface area (Å²) >= 11 is 0. The van der Waals surface area contributed by atoms with E-state index in [1.807, 2.05) is 29.6 Å². The third kappa shape index (κ3) is 7.15. The molecule has 5 atom stereocenters. The molecular formula is C24H31N7O7. The maximum Gasteiger partial charge on any atom is 0.328 e. The van der Waals surface area contributed by atoms with Crippen LogP contribution in [0.15, 0.2) is 43.0 Å². The normalized spacial score (nSPS) is 15.2.